The van der Waals surface area contributed by atoms with Gasteiger partial charge in [-0.1, -0.05) is 6.08 Å². The average Bonchev–Trinajstić information content (AvgIpc) is 3.06. The predicted octanol–water partition coefficient (Wildman–Crippen LogP) is 1.40. The minimum atomic E-state index is -3.55. The number of likely N-dealkylation sites (N-methyl/N-ethyl adjacent to an activating group) is 1. The van der Waals surface area contributed by atoms with Crippen LogP contribution < -0.4 is 10.0 Å². The second-order valence-electron chi connectivity index (χ2n) is 5.64. The Bertz CT molecular complexity index is 656. The van der Waals surface area contributed by atoms with E-state index in [4.69, 9.17) is 0 Å². The molecule has 2 rings (SSSR count). The van der Waals surface area contributed by atoms with Crippen LogP contribution in [0.4, 0.5) is 0 Å². The van der Waals surface area contributed by atoms with E-state index in [1.165, 1.54) is 29.2 Å². The Morgan fingerprint density at radius 2 is 2.08 bits per heavy atom. The summed E-state index contributed by atoms with van der Waals surface area (Å²) in [6.45, 7) is 5.34. The molecule has 1 atom stereocenters. The van der Waals surface area contributed by atoms with Gasteiger partial charge in [0.2, 0.25) is 10.0 Å². The van der Waals surface area contributed by atoms with E-state index in [0.29, 0.717) is 18.7 Å². The number of nitrogens with one attached hydrogen (secondary N) is 2. The van der Waals surface area contributed by atoms with Crippen LogP contribution in [0.25, 0.3) is 0 Å². The fraction of sp³-hybridized carbons (Fsp3) is 0.438. The van der Waals surface area contributed by atoms with E-state index in [9.17, 15) is 13.2 Å². The fourth-order valence-electron chi connectivity index (χ4n) is 2.50. The molecule has 134 valence electrons. The molecule has 0 aliphatic carbocycles. The van der Waals surface area contributed by atoms with Crippen LogP contribution in [0.1, 0.15) is 23.2 Å². The number of hydrogen-bond acceptors (Lipinski definition) is 4. The van der Waals surface area contributed by atoms with Crippen molar-refractivity contribution < 1.29 is 13.2 Å². The molecule has 2 N–H and O–H groups in total. The Hall–Kier alpha value is -1.41. The first-order valence-corrected chi connectivity index (χ1v) is 9.12. The molecule has 1 aromatic carbocycles. The first-order chi connectivity index (χ1) is 10.9. The fourth-order valence-corrected chi connectivity index (χ4v) is 3.58. The molecule has 1 saturated heterocycles. The van der Waals surface area contributed by atoms with Gasteiger partial charge in [-0.25, -0.2) is 13.1 Å². The molecule has 0 bridgehead atoms. The maximum Gasteiger partial charge on any atom is 0.253 e. The molecule has 6 nitrogen and oxygen atoms in total. The molecule has 0 unspecified atom stereocenters. The highest BCUT2D eigenvalue weighted by Crippen LogP contribution is 2.13. The summed E-state index contributed by atoms with van der Waals surface area (Å²) < 4.78 is 27.1. The first kappa shape index (κ1) is 20.6. The monoisotopic (exact) mass is 373 g/mol. The number of sulfonamides is 1. The normalized spacial score (nSPS) is 17.1. The zero-order valence-electron chi connectivity index (χ0n) is 13.7. The van der Waals surface area contributed by atoms with Crippen LogP contribution in [-0.2, 0) is 10.0 Å². The van der Waals surface area contributed by atoms with Crippen LogP contribution in [0.3, 0.4) is 0 Å². The zero-order chi connectivity index (χ0) is 16.9. The third-order valence-electron chi connectivity index (χ3n) is 3.84. The van der Waals surface area contributed by atoms with Gasteiger partial charge < -0.3 is 10.2 Å². The summed E-state index contributed by atoms with van der Waals surface area (Å²) >= 11 is 0. The van der Waals surface area contributed by atoms with Gasteiger partial charge in [0.1, 0.15) is 0 Å². The number of amides is 1. The summed E-state index contributed by atoms with van der Waals surface area (Å²) in [4.78, 5) is 13.8. The molecular formula is C16H24ClN3O3S. The number of carbonyl (C=O) groups excluding carboxylic acids is 1. The van der Waals surface area contributed by atoms with Crippen molar-refractivity contribution in [1.82, 2.24) is 14.9 Å². The molecule has 8 heteroatoms. The molecule has 1 aliphatic heterocycles. The lowest BCUT2D eigenvalue weighted by Gasteiger charge is -2.15. The smallest absolute Gasteiger partial charge is 0.253 e. The van der Waals surface area contributed by atoms with Gasteiger partial charge in [-0.15, -0.1) is 19.0 Å². The Kier molecular flexibility index (Phi) is 7.89. The zero-order valence-corrected chi connectivity index (χ0v) is 15.3. The van der Waals surface area contributed by atoms with Crippen LogP contribution >= 0.6 is 12.4 Å². The van der Waals surface area contributed by atoms with Gasteiger partial charge in [0.25, 0.3) is 5.91 Å². The first-order valence-electron chi connectivity index (χ1n) is 7.63. The molecular weight excluding hydrogens is 350 g/mol. The maximum atomic E-state index is 12.3. The maximum absolute atomic E-state index is 12.3. The quantitative estimate of drug-likeness (QED) is 0.708. The van der Waals surface area contributed by atoms with Crippen molar-refractivity contribution in [2.24, 2.45) is 0 Å². The highest BCUT2D eigenvalue weighted by molar-refractivity contribution is 7.89. The SMILES string of the molecule is C=CCN(C)C(=O)c1ccc(S(=O)(=O)NC[C@H]2CCCN2)cc1.Cl. The van der Waals surface area contributed by atoms with Crippen LogP contribution in [-0.4, -0.2) is 51.9 Å². The van der Waals surface area contributed by atoms with Crippen LogP contribution in [0.15, 0.2) is 41.8 Å². The van der Waals surface area contributed by atoms with Crippen molar-refractivity contribution in [2.45, 2.75) is 23.8 Å². The lowest BCUT2D eigenvalue weighted by Crippen LogP contribution is -2.37. The molecule has 1 aromatic rings. The average molecular weight is 374 g/mol. The number of benzene rings is 1. The van der Waals surface area contributed by atoms with E-state index in [1.54, 1.807) is 13.1 Å². The van der Waals surface area contributed by atoms with Gasteiger partial charge in [-0.2, -0.15) is 0 Å². The van der Waals surface area contributed by atoms with Crippen molar-refractivity contribution >= 4 is 28.3 Å². The third kappa shape index (κ3) is 5.31. The molecule has 1 amide bonds. The van der Waals surface area contributed by atoms with E-state index >= 15 is 0 Å². The molecule has 24 heavy (non-hydrogen) atoms. The number of rotatable bonds is 7. The van der Waals surface area contributed by atoms with E-state index < -0.39 is 10.0 Å². The van der Waals surface area contributed by atoms with Gasteiger partial charge in [0.05, 0.1) is 4.90 Å². The van der Waals surface area contributed by atoms with E-state index in [0.717, 1.165) is 19.4 Å². The largest absolute Gasteiger partial charge is 0.338 e. The Morgan fingerprint density at radius 1 is 1.42 bits per heavy atom. The highest BCUT2D eigenvalue weighted by Gasteiger charge is 2.20. The number of halogens is 1. The Morgan fingerprint density at radius 3 is 2.62 bits per heavy atom. The molecule has 1 aliphatic rings. The summed E-state index contributed by atoms with van der Waals surface area (Å²) in [5.74, 6) is -0.169. The third-order valence-corrected chi connectivity index (χ3v) is 5.28. The van der Waals surface area contributed by atoms with Gasteiger partial charge in [-0.3, -0.25) is 4.79 Å². The molecule has 0 radical (unpaired) electrons. The van der Waals surface area contributed by atoms with Crippen molar-refractivity contribution in [2.75, 3.05) is 26.7 Å². The Balaban J connectivity index is 0.00000288. The van der Waals surface area contributed by atoms with Crippen LogP contribution in [0.2, 0.25) is 0 Å². The van der Waals surface area contributed by atoms with Gasteiger partial charge in [0.15, 0.2) is 0 Å². The number of carbonyl (C=O) groups is 1. The van der Waals surface area contributed by atoms with Gasteiger partial charge in [0, 0.05) is 31.7 Å². The predicted molar refractivity (Wildman–Crippen MR) is 97.1 cm³/mol. The summed E-state index contributed by atoms with van der Waals surface area (Å²) in [5, 5.41) is 3.24. The van der Waals surface area contributed by atoms with Crippen LogP contribution in [0, 0.1) is 0 Å². The molecule has 0 aromatic heterocycles. The number of hydrogen-bond donors (Lipinski definition) is 2. The molecule has 0 saturated carbocycles. The molecule has 0 spiro atoms. The molecule has 1 fully saturated rings. The minimum Gasteiger partial charge on any atom is -0.338 e. The van der Waals surface area contributed by atoms with Crippen molar-refractivity contribution in [3.05, 3.63) is 42.5 Å². The minimum absolute atomic E-state index is 0. The molecule has 1 heterocycles. The second-order valence-corrected chi connectivity index (χ2v) is 7.41. The van der Waals surface area contributed by atoms with E-state index in [-0.39, 0.29) is 29.3 Å². The second kappa shape index (κ2) is 9.17. The lowest BCUT2D eigenvalue weighted by molar-refractivity contribution is 0.0810. The van der Waals surface area contributed by atoms with Crippen molar-refractivity contribution in [1.29, 1.82) is 0 Å². The standard InChI is InChI=1S/C16H23N3O3S.ClH/c1-3-11-19(2)16(20)13-6-8-15(9-7-13)23(21,22)18-12-14-5-4-10-17-14;/h3,6-9,14,17-18H,1,4-5,10-12H2,2H3;1H/t14-;/m1./s1. The summed E-state index contributed by atoms with van der Waals surface area (Å²) in [6, 6.07) is 6.17. The summed E-state index contributed by atoms with van der Waals surface area (Å²) in [7, 11) is -1.88. The summed E-state index contributed by atoms with van der Waals surface area (Å²) in [6.07, 6.45) is 3.69. The van der Waals surface area contributed by atoms with E-state index in [2.05, 4.69) is 16.6 Å². The van der Waals surface area contributed by atoms with Crippen LogP contribution in [0.5, 0.6) is 0 Å². The van der Waals surface area contributed by atoms with Gasteiger partial charge in [-0.05, 0) is 43.7 Å². The highest BCUT2D eigenvalue weighted by atomic mass is 35.5. The van der Waals surface area contributed by atoms with Crippen molar-refractivity contribution in [3.63, 3.8) is 0 Å². The topological polar surface area (TPSA) is 78.5 Å². The number of nitrogens with zero attached hydrogens (tertiary/aromatic N) is 1. The van der Waals surface area contributed by atoms with Crippen molar-refractivity contribution in [3.8, 4) is 0 Å². The summed E-state index contributed by atoms with van der Waals surface area (Å²) in [5.41, 5.74) is 0.450. The Labute approximate surface area is 149 Å². The van der Waals surface area contributed by atoms with Gasteiger partial charge >= 0.3 is 0 Å². The lowest BCUT2D eigenvalue weighted by atomic mass is 10.2. The van der Waals surface area contributed by atoms with E-state index in [1.807, 2.05) is 0 Å².